The maximum Gasteiger partial charge on any atom is 0.269 e. The molecule has 0 N–H and O–H groups in total. The molecule has 0 aliphatic heterocycles. The molecule has 24 heavy (non-hydrogen) atoms. The van der Waals surface area contributed by atoms with Gasteiger partial charge in [-0.05, 0) is 48.0 Å². The Bertz CT molecular complexity index is 855. The van der Waals surface area contributed by atoms with Gasteiger partial charge in [-0.1, -0.05) is 28.9 Å². The lowest BCUT2D eigenvalue weighted by Crippen LogP contribution is -2.07. The van der Waals surface area contributed by atoms with Crippen molar-refractivity contribution in [2.45, 2.75) is 0 Å². The lowest BCUT2D eigenvalue weighted by atomic mass is 10.2. The van der Waals surface area contributed by atoms with E-state index < -0.39 is 0 Å². The molecule has 0 amide bonds. The fourth-order valence-electron chi connectivity index (χ4n) is 2.11. The molecule has 4 nitrogen and oxygen atoms in total. The van der Waals surface area contributed by atoms with Crippen LogP contribution in [0, 0.1) is 5.82 Å². The highest BCUT2D eigenvalue weighted by Gasteiger charge is 2.11. The maximum atomic E-state index is 13.0. The first kappa shape index (κ1) is 16.2. The molecule has 1 aromatic heterocycles. The minimum absolute atomic E-state index is 0.215. The zero-order chi connectivity index (χ0) is 17.1. The Hall–Kier alpha value is -2.66. The summed E-state index contributed by atoms with van der Waals surface area (Å²) in [4.78, 5) is 6.26. The molecule has 0 atom stereocenters. The largest absolute Gasteiger partial charge is 0.378 e. The number of aromatic nitrogens is 2. The number of hydrogen-bond donors (Lipinski definition) is 0. The number of anilines is 1. The van der Waals surface area contributed by atoms with E-state index in [1.807, 2.05) is 43.3 Å². The van der Waals surface area contributed by atoms with Crippen molar-refractivity contribution >= 4 is 28.4 Å². The lowest BCUT2D eigenvalue weighted by molar-refractivity contribution is 0.410. The third-order valence-electron chi connectivity index (χ3n) is 3.44. The van der Waals surface area contributed by atoms with Crippen molar-refractivity contribution in [2.24, 2.45) is 0 Å². The van der Waals surface area contributed by atoms with Gasteiger partial charge in [-0.2, -0.15) is 4.98 Å². The smallest absolute Gasteiger partial charge is 0.269 e. The van der Waals surface area contributed by atoms with Crippen LogP contribution in [0.15, 0.2) is 53.1 Å². The summed E-state index contributed by atoms with van der Waals surface area (Å²) in [5.74, 6) is 0.258. The number of benzene rings is 2. The molecule has 3 aromatic rings. The average molecular weight is 344 g/mol. The van der Waals surface area contributed by atoms with Crippen LogP contribution in [0.2, 0.25) is 0 Å². The molecule has 2 aromatic carbocycles. The van der Waals surface area contributed by atoms with Gasteiger partial charge in [-0.25, -0.2) is 4.39 Å². The van der Waals surface area contributed by atoms with Gasteiger partial charge < -0.3 is 9.42 Å². The van der Waals surface area contributed by atoms with Gasteiger partial charge >= 0.3 is 0 Å². The first-order valence-electron chi connectivity index (χ1n) is 7.27. The summed E-state index contributed by atoms with van der Waals surface area (Å²) >= 11 is 6.26. The Labute approximate surface area is 144 Å². The van der Waals surface area contributed by atoms with Crippen LogP contribution < -0.4 is 4.90 Å². The third kappa shape index (κ3) is 3.63. The summed E-state index contributed by atoms with van der Waals surface area (Å²) in [6, 6.07) is 13.7. The fraction of sp³-hybridized carbons (Fsp3) is 0.111. The van der Waals surface area contributed by atoms with Gasteiger partial charge in [0.2, 0.25) is 5.82 Å². The molecule has 0 spiro atoms. The van der Waals surface area contributed by atoms with E-state index in [4.69, 9.17) is 16.1 Å². The van der Waals surface area contributed by atoms with Crippen LogP contribution >= 0.6 is 11.6 Å². The monoisotopic (exact) mass is 343 g/mol. The molecule has 1 heterocycles. The molecule has 6 heteroatoms. The van der Waals surface area contributed by atoms with Crippen LogP contribution in [-0.4, -0.2) is 24.2 Å². The Kier molecular flexibility index (Phi) is 4.62. The highest BCUT2D eigenvalue weighted by Crippen LogP contribution is 2.24. The summed E-state index contributed by atoms with van der Waals surface area (Å²) in [5, 5.41) is 4.22. The summed E-state index contributed by atoms with van der Waals surface area (Å²) in [6.07, 6.45) is 1.75. The molecule has 0 fully saturated rings. The van der Waals surface area contributed by atoms with E-state index >= 15 is 0 Å². The third-order valence-corrected chi connectivity index (χ3v) is 3.71. The predicted octanol–water partition coefficient (Wildman–Crippen LogP) is 4.68. The Morgan fingerprint density at radius 1 is 1.08 bits per heavy atom. The van der Waals surface area contributed by atoms with Crippen LogP contribution in [-0.2, 0) is 0 Å². The van der Waals surface area contributed by atoms with Gasteiger partial charge in [0.05, 0.1) is 0 Å². The minimum atomic E-state index is -0.318. The summed E-state index contributed by atoms with van der Waals surface area (Å²) < 4.78 is 18.1. The van der Waals surface area contributed by atoms with E-state index in [-0.39, 0.29) is 11.7 Å². The molecule has 0 radical (unpaired) electrons. The molecular weight excluding hydrogens is 329 g/mol. The summed E-state index contributed by atoms with van der Waals surface area (Å²) in [7, 11) is 3.96. The van der Waals surface area contributed by atoms with Gasteiger partial charge in [0, 0.05) is 25.3 Å². The normalized spacial score (nSPS) is 11.6. The van der Waals surface area contributed by atoms with Crippen molar-refractivity contribution in [3.05, 3.63) is 65.8 Å². The number of hydrogen-bond acceptors (Lipinski definition) is 4. The van der Waals surface area contributed by atoms with Gasteiger partial charge in [0.15, 0.2) is 0 Å². The zero-order valence-electron chi connectivity index (χ0n) is 13.2. The molecule has 0 bridgehead atoms. The molecule has 122 valence electrons. The summed E-state index contributed by atoms with van der Waals surface area (Å²) in [5.41, 5.74) is 2.68. The Morgan fingerprint density at radius 2 is 1.75 bits per heavy atom. The molecule has 0 aliphatic rings. The topological polar surface area (TPSA) is 42.2 Å². The average Bonchev–Trinajstić information content (AvgIpc) is 3.06. The van der Waals surface area contributed by atoms with Gasteiger partial charge in [0.25, 0.3) is 5.89 Å². The van der Waals surface area contributed by atoms with Crippen LogP contribution in [0.5, 0.6) is 0 Å². The second-order valence-electron chi connectivity index (χ2n) is 5.41. The van der Waals surface area contributed by atoms with E-state index in [1.165, 1.54) is 12.1 Å². The standard InChI is InChI=1S/C18H15ClFN3O/c1-23(2)15-9-3-12(4-10-15)11-16(19)18-21-17(22-24-18)13-5-7-14(20)8-6-13/h3-11H,1-2H3/b16-11-. The molecule has 3 rings (SSSR count). The molecule has 0 aliphatic carbocycles. The number of rotatable bonds is 4. The molecule has 0 unspecified atom stereocenters. The summed E-state index contributed by atoms with van der Waals surface area (Å²) in [6.45, 7) is 0. The van der Waals surface area contributed by atoms with Gasteiger partial charge in [-0.3, -0.25) is 0 Å². The second kappa shape index (κ2) is 6.84. The lowest BCUT2D eigenvalue weighted by Gasteiger charge is -2.11. The van der Waals surface area contributed by atoms with Crippen LogP contribution in [0.1, 0.15) is 11.5 Å². The van der Waals surface area contributed by atoms with Crippen molar-refractivity contribution in [1.29, 1.82) is 0 Å². The predicted molar refractivity (Wildman–Crippen MR) is 94.2 cm³/mol. The molecular formula is C18H15ClFN3O. The Morgan fingerprint density at radius 3 is 2.38 bits per heavy atom. The minimum Gasteiger partial charge on any atom is -0.378 e. The van der Waals surface area contributed by atoms with E-state index in [9.17, 15) is 4.39 Å². The van der Waals surface area contributed by atoms with Crippen molar-refractivity contribution in [3.8, 4) is 11.4 Å². The molecule has 0 saturated carbocycles. The highest BCUT2D eigenvalue weighted by molar-refractivity contribution is 6.50. The van der Waals surface area contributed by atoms with Crippen molar-refractivity contribution in [3.63, 3.8) is 0 Å². The number of nitrogens with zero attached hydrogens (tertiary/aromatic N) is 3. The second-order valence-corrected chi connectivity index (χ2v) is 5.82. The number of halogens is 2. The first-order chi connectivity index (χ1) is 11.5. The zero-order valence-corrected chi connectivity index (χ0v) is 14.0. The van der Waals surface area contributed by atoms with E-state index in [0.717, 1.165) is 11.3 Å². The van der Waals surface area contributed by atoms with Crippen molar-refractivity contribution in [2.75, 3.05) is 19.0 Å². The fourth-order valence-corrected chi connectivity index (χ4v) is 2.32. The van der Waals surface area contributed by atoms with Crippen LogP contribution in [0.4, 0.5) is 10.1 Å². The quantitative estimate of drug-likeness (QED) is 0.690. The SMILES string of the molecule is CN(C)c1ccc(/C=C(\Cl)c2nc(-c3ccc(F)cc3)no2)cc1. The van der Waals surface area contributed by atoms with Crippen LogP contribution in [0.3, 0.4) is 0 Å². The van der Waals surface area contributed by atoms with E-state index in [0.29, 0.717) is 16.4 Å². The van der Waals surface area contributed by atoms with Gasteiger partial charge in [0.1, 0.15) is 10.8 Å². The maximum absolute atomic E-state index is 13.0. The van der Waals surface area contributed by atoms with E-state index in [2.05, 4.69) is 10.1 Å². The van der Waals surface area contributed by atoms with Crippen molar-refractivity contribution in [1.82, 2.24) is 10.1 Å². The van der Waals surface area contributed by atoms with Gasteiger partial charge in [-0.15, -0.1) is 0 Å². The Balaban J connectivity index is 1.82. The highest BCUT2D eigenvalue weighted by atomic mass is 35.5. The van der Waals surface area contributed by atoms with Crippen LogP contribution in [0.25, 0.3) is 22.5 Å². The first-order valence-corrected chi connectivity index (χ1v) is 7.65. The van der Waals surface area contributed by atoms with Crippen molar-refractivity contribution < 1.29 is 8.91 Å². The van der Waals surface area contributed by atoms with E-state index in [1.54, 1.807) is 18.2 Å². The molecule has 0 saturated heterocycles.